The molecule has 134 valence electrons. The van der Waals surface area contributed by atoms with Crippen LogP contribution in [0.25, 0.3) is 0 Å². The van der Waals surface area contributed by atoms with Gasteiger partial charge >= 0.3 is 0 Å². The number of carbonyl (C=O) groups excluding carboxylic acids is 1. The Morgan fingerprint density at radius 2 is 1.96 bits per heavy atom. The molecule has 7 nitrogen and oxygen atoms in total. The van der Waals surface area contributed by atoms with Crippen molar-refractivity contribution >= 4 is 5.91 Å². The third-order valence-electron chi connectivity index (χ3n) is 4.73. The van der Waals surface area contributed by atoms with E-state index in [4.69, 9.17) is 4.52 Å². The molecule has 1 aliphatic heterocycles. The molecule has 1 aromatic rings. The van der Waals surface area contributed by atoms with Crippen molar-refractivity contribution in [1.82, 2.24) is 25.3 Å². The average molecular weight is 335 g/mol. The van der Waals surface area contributed by atoms with Gasteiger partial charge in [-0.15, -0.1) is 0 Å². The lowest BCUT2D eigenvalue weighted by Gasteiger charge is -2.36. The van der Waals surface area contributed by atoms with E-state index >= 15 is 0 Å². The normalized spacial score (nSPS) is 21.7. The molecule has 24 heavy (non-hydrogen) atoms. The van der Waals surface area contributed by atoms with Crippen molar-refractivity contribution in [3.63, 3.8) is 0 Å². The first-order valence-electron chi connectivity index (χ1n) is 8.93. The van der Waals surface area contributed by atoms with Gasteiger partial charge in [-0.25, -0.2) is 0 Å². The van der Waals surface area contributed by atoms with Gasteiger partial charge in [0.1, 0.15) is 0 Å². The SMILES string of the molecule is CC(C(=O)NC1CC1)N1CCN(Cc2noc(C(C)(C)C)n2)CC1. The van der Waals surface area contributed by atoms with Gasteiger partial charge in [-0.2, -0.15) is 4.98 Å². The summed E-state index contributed by atoms with van der Waals surface area (Å²) in [5, 5.41) is 7.19. The number of nitrogens with zero attached hydrogens (tertiary/aromatic N) is 4. The molecule has 1 atom stereocenters. The summed E-state index contributed by atoms with van der Waals surface area (Å²) in [6.07, 6.45) is 2.26. The van der Waals surface area contributed by atoms with E-state index in [9.17, 15) is 4.79 Å². The van der Waals surface area contributed by atoms with Crippen molar-refractivity contribution in [2.24, 2.45) is 0 Å². The fourth-order valence-corrected chi connectivity index (χ4v) is 2.85. The van der Waals surface area contributed by atoms with Gasteiger partial charge in [-0.3, -0.25) is 14.6 Å². The Hall–Kier alpha value is -1.47. The maximum atomic E-state index is 12.2. The summed E-state index contributed by atoms with van der Waals surface area (Å²) in [4.78, 5) is 21.2. The van der Waals surface area contributed by atoms with Crippen LogP contribution >= 0.6 is 0 Å². The highest BCUT2D eigenvalue weighted by molar-refractivity contribution is 5.81. The zero-order valence-corrected chi connectivity index (χ0v) is 15.2. The minimum atomic E-state index is -0.117. The molecule has 2 fully saturated rings. The van der Waals surface area contributed by atoms with E-state index in [1.807, 2.05) is 6.92 Å². The number of rotatable bonds is 5. The molecule has 2 heterocycles. The maximum absolute atomic E-state index is 12.2. The van der Waals surface area contributed by atoms with Crippen LogP contribution in [0.1, 0.15) is 52.3 Å². The van der Waals surface area contributed by atoms with E-state index in [1.165, 1.54) is 0 Å². The number of hydrogen-bond donors (Lipinski definition) is 1. The summed E-state index contributed by atoms with van der Waals surface area (Å²) in [6.45, 7) is 12.5. The fourth-order valence-electron chi connectivity index (χ4n) is 2.85. The highest BCUT2D eigenvalue weighted by Gasteiger charge is 2.30. The second kappa shape index (κ2) is 6.80. The van der Waals surface area contributed by atoms with Crippen LogP contribution in [0.2, 0.25) is 0 Å². The minimum absolute atomic E-state index is 0.0505. The standard InChI is InChI=1S/C17H29N5O2/c1-12(15(23)18-13-5-6-13)22-9-7-21(8-10-22)11-14-19-16(24-20-14)17(2,3)4/h12-13H,5-11H2,1-4H3,(H,18,23). The Morgan fingerprint density at radius 1 is 1.29 bits per heavy atom. The fraction of sp³-hybridized carbons (Fsp3) is 0.824. The van der Waals surface area contributed by atoms with Crippen LogP contribution in [0, 0.1) is 0 Å². The Morgan fingerprint density at radius 3 is 2.50 bits per heavy atom. The summed E-state index contributed by atoms with van der Waals surface area (Å²) in [6, 6.07) is 0.377. The van der Waals surface area contributed by atoms with Gasteiger partial charge in [-0.1, -0.05) is 25.9 Å². The van der Waals surface area contributed by atoms with E-state index in [1.54, 1.807) is 0 Å². The molecule has 0 bridgehead atoms. The Kier molecular flexibility index (Phi) is 4.92. The second-order valence-corrected chi connectivity index (χ2v) is 8.04. The zero-order chi connectivity index (χ0) is 17.3. The Balaban J connectivity index is 1.46. The van der Waals surface area contributed by atoms with Crippen molar-refractivity contribution in [3.05, 3.63) is 11.7 Å². The molecule has 1 unspecified atom stereocenters. The maximum Gasteiger partial charge on any atom is 0.237 e. The second-order valence-electron chi connectivity index (χ2n) is 8.04. The summed E-state index contributed by atoms with van der Waals surface area (Å²) >= 11 is 0. The van der Waals surface area contributed by atoms with Crippen molar-refractivity contribution in [2.75, 3.05) is 26.2 Å². The van der Waals surface area contributed by atoms with Crippen LogP contribution in [-0.2, 0) is 16.8 Å². The lowest BCUT2D eigenvalue weighted by atomic mass is 9.97. The molecular formula is C17H29N5O2. The monoisotopic (exact) mass is 335 g/mol. The first-order chi connectivity index (χ1) is 11.3. The molecular weight excluding hydrogens is 306 g/mol. The van der Waals surface area contributed by atoms with Crippen LogP contribution in [-0.4, -0.2) is 64.1 Å². The Labute approximate surface area is 143 Å². The van der Waals surface area contributed by atoms with Crippen molar-refractivity contribution in [2.45, 2.75) is 64.6 Å². The van der Waals surface area contributed by atoms with Gasteiger partial charge in [0, 0.05) is 37.6 Å². The first kappa shape index (κ1) is 17.4. The summed E-state index contributed by atoms with van der Waals surface area (Å²) in [5.74, 6) is 1.59. The predicted molar refractivity (Wildman–Crippen MR) is 90.5 cm³/mol. The number of carbonyl (C=O) groups is 1. The summed E-state index contributed by atoms with van der Waals surface area (Å²) in [7, 11) is 0. The van der Waals surface area contributed by atoms with Crippen molar-refractivity contribution in [3.8, 4) is 0 Å². The van der Waals surface area contributed by atoms with Gasteiger partial charge in [-0.05, 0) is 19.8 Å². The number of aromatic nitrogens is 2. The minimum Gasteiger partial charge on any atom is -0.352 e. The highest BCUT2D eigenvalue weighted by atomic mass is 16.5. The van der Waals surface area contributed by atoms with E-state index < -0.39 is 0 Å². The van der Waals surface area contributed by atoms with Crippen molar-refractivity contribution < 1.29 is 9.32 Å². The highest BCUT2D eigenvalue weighted by Crippen LogP contribution is 2.21. The van der Waals surface area contributed by atoms with Crippen LogP contribution in [0.3, 0.4) is 0 Å². The molecule has 1 saturated heterocycles. The molecule has 3 rings (SSSR count). The number of nitrogens with one attached hydrogen (secondary N) is 1. The van der Waals surface area contributed by atoms with E-state index in [0.717, 1.165) is 44.8 Å². The molecule has 1 amide bonds. The lowest BCUT2D eigenvalue weighted by Crippen LogP contribution is -2.53. The van der Waals surface area contributed by atoms with Crippen molar-refractivity contribution in [1.29, 1.82) is 0 Å². The molecule has 1 aliphatic carbocycles. The third kappa shape index (κ3) is 4.33. The van der Waals surface area contributed by atoms with Crippen LogP contribution in [0.15, 0.2) is 4.52 Å². The Bertz CT molecular complexity index is 568. The molecule has 7 heteroatoms. The molecule has 0 radical (unpaired) electrons. The molecule has 1 N–H and O–H groups in total. The number of hydrogen-bond acceptors (Lipinski definition) is 6. The van der Waals surface area contributed by atoms with Crippen LogP contribution in [0.5, 0.6) is 0 Å². The first-order valence-corrected chi connectivity index (χ1v) is 8.93. The lowest BCUT2D eigenvalue weighted by molar-refractivity contribution is -0.126. The third-order valence-corrected chi connectivity index (χ3v) is 4.73. The average Bonchev–Trinajstić information content (AvgIpc) is 3.21. The van der Waals surface area contributed by atoms with E-state index in [-0.39, 0.29) is 17.4 Å². The van der Waals surface area contributed by atoms with E-state index in [0.29, 0.717) is 18.5 Å². The molecule has 0 aromatic carbocycles. The zero-order valence-electron chi connectivity index (χ0n) is 15.2. The predicted octanol–water partition coefficient (Wildman–Crippen LogP) is 1.15. The topological polar surface area (TPSA) is 74.5 Å². The smallest absolute Gasteiger partial charge is 0.237 e. The number of piperazine rings is 1. The van der Waals surface area contributed by atoms with Gasteiger partial charge < -0.3 is 9.84 Å². The molecule has 1 saturated carbocycles. The van der Waals surface area contributed by atoms with Crippen LogP contribution in [0.4, 0.5) is 0 Å². The molecule has 1 aromatic heterocycles. The van der Waals surface area contributed by atoms with Gasteiger partial charge in [0.25, 0.3) is 0 Å². The molecule has 0 spiro atoms. The molecule has 2 aliphatic rings. The summed E-state index contributed by atoms with van der Waals surface area (Å²) < 4.78 is 5.35. The van der Waals surface area contributed by atoms with Crippen LogP contribution < -0.4 is 5.32 Å². The van der Waals surface area contributed by atoms with Gasteiger partial charge in [0.15, 0.2) is 5.82 Å². The largest absolute Gasteiger partial charge is 0.352 e. The number of amides is 1. The van der Waals surface area contributed by atoms with Gasteiger partial charge in [0.2, 0.25) is 11.8 Å². The quantitative estimate of drug-likeness (QED) is 0.870. The van der Waals surface area contributed by atoms with Gasteiger partial charge in [0.05, 0.1) is 12.6 Å². The van der Waals surface area contributed by atoms with E-state index in [2.05, 4.69) is 46.0 Å². The summed E-state index contributed by atoms with van der Waals surface area (Å²) in [5.41, 5.74) is -0.117.